The van der Waals surface area contributed by atoms with Crippen LogP contribution in [0.5, 0.6) is 0 Å². The Morgan fingerprint density at radius 2 is 2.00 bits per heavy atom. The van der Waals surface area contributed by atoms with Crippen LogP contribution in [-0.2, 0) is 13.0 Å². The van der Waals surface area contributed by atoms with E-state index in [1.807, 2.05) is 50.4 Å². The fourth-order valence-corrected chi connectivity index (χ4v) is 3.84. The van der Waals surface area contributed by atoms with Gasteiger partial charge < -0.3 is 5.73 Å². The molecular formula is C23H22ClN5O. The minimum Gasteiger partial charge on any atom is -0.384 e. The molecule has 2 N–H and O–H groups in total. The highest BCUT2D eigenvalue weighted by Crippen LogP contribution is 2.20. The molecule has 1 aromatic carbocycles. The molecule has 0 aliphatic heterocycles. The molecule has 0 bridgehead atoms. The van der Waals surface area contributed by atoms with Gasteiger partial charge in [-0.05, 0) is 67.3 Å². The number of pyridine rings is 2. The highest BCUT2D eigenvalue weighted by Gasteiger charge is 2.13. The summed E-state index contributed by atoms with van der Waals surface area (Å²) in [5.74, 6) is 0.518. The van der Waals surface area contributed by atoms with Crippen LogP contribution in [0.3, 0.4) is 0 Å². The first-order valence-electron chi connectivity index (χ1n) is 9.72. The monoisotopic (exact) mass is 419 g/mol. The number of nitrogens with zero attached hydrogens (tertiary/aromatic N) is 4. The quantitative estimate of drug-likeness (QED) is 0.463. The summed E-state index contributed by atoms with van der Waals surface area (Å²) in [6.45, 7) is 4.48. The average molecular weight is 420 g/mol. The zero-order chi connectivity index (χ0) is 21.3. The van der Waals surface area contributed by atoms with E-state index in [0.717, 1.165) is 33.3 Å². The molecule has 7 heteroatoms. The molecule has 0 aliphatic carbocycles. The lowest BCUT2D eigenvalue weighted by Gasteiger charge is -2.09. The molecule has 0 amide bonds. The Morgan fingerprint density at radius 1 is 1.17 bits per heavy atom. The molecule has 4 rings (SSSR count). The predicted octanol–water partition coefficient (Wildman–Crippen LogP) is 4.54. The standard InChI is InChI=1S/C23H22ClN5O/c1-14-9-23(25)27-15(2)19(14)4-6-22(30)21-7-8-29(28-21)13-16-3-5-20-17(10-16)11-18(24)12-26-20/h3,5,7-12H,4,6,13H2,1-2H3,(H2,25,27). The van der Waals surface area contributed by atoms with E-state index in [2.05, 4.69) is 15.1 Å². The maximum Gasteiger partial charge on any atom is 0.183 e. The summed E-state index contributed by atoms with van der Waals surface area (Å²) < 4.78 is 1.77. The number of aryl methyl sites for hydroxylation is 2. The number of anilines is 1. The van der Waals surface area contributed by atoms with Crippen LogP contribution in [0.4, 0.5) is 5.82 Å². The van der Waals surface area contributed by atoms with E-state index in [0.29, 0.717) is 35.9 Å². The van der Waals surface area contributed by atoms with Crippen molar-refractivity contribution in [1.29, 1.82) is 0 Å². The van der Waals surface area contributed by atoms with Crippen molar-refractivity contribution in [3.8, 4) is 0 Å². The molecule has 3 heterocycles. The van der Waals surface area contributed by atoms with E-state index in [1.165, 1.54) is 0 Å². The highest BCUT2D eigenvalue weighted by atomic mass is 35.5. The summed E-state index contributed by atoms with van der Waals surface area (Å²) in [4.78, 5) is 21.2. The maximum absolute atomic E-state index is 12.6. The summed E-state index contributed by atoms with van der Waals surface area (Å²) in [6.07, 6.45) is 4.47. The minimum atomic E-state index is 0.0128. The Balaban J connectivity index is 1.44. The van der Waals surface area contributed by atoms with E-state index in [9.17, 15) is 4.79 Å². The minimum absolute atomic E-state index is 0.0128. The molecule has 0 atom stereocenters. The number of Topliss-reactive ketones (excluding diaryl/α,β-unsaturated/α-hetero) is 1. The van der Waals surface area contributed by atoms with Crippen molar-refractivity contribution in [2.24, 2.45) is 0 Å². The summed E-state index contributed by atoms with van der Waals surface area (Å²) in [6, 6.07) is 11.5. The van der Waals surface area contributed by atoms with Gasteiger partial charge in [0.2, 0.25) is 0 Å². The van der Waals surface area contributed by atoms with Crippen molar-refractivity contribution in [3.63, 3.8) is 0 Å². The Labute approximate surface area is 179 Å². The SMILES string of the molecule is Cc1cc(N)nc(C)c1CCC(=O)c1ccn(Cc2ccc3ncc(Cl)cc3c2)n1. The van der Waals surface area contributed by atoms with Gasteiger partial charge in [0.05, 0.1) is 17.1 Å². The maximum atomic E-state index is 12.6. The van der Waals surface area contributed by atoms with Crippen molar-refractivity contribution >= 4 is 34.1 Å². The highest BCUT2D eigenvalue weighted by molar-refractivity contribution is 6.31. The van der Waals surface area contributed by atoms with Crippen molar-refractivity contribution in [3.05, 3.63) is 81.9 Å². The number of aromatic nitrogens is 4. The molecule has 0 radical (unpaired) electrons. The van der Waals surface area contributed by atoms with Gasteiger partial charge in [0.1, 0.15) is 11.5 Å². The van der Waals surface area contributed by atoms with E-state index in [1.54, 1.807) is 16.9 Å². The van der Waals surface area contributed by atoms with Crippen LogP contribution in [0, 0.1) is 13.8 Å². The number of carbonyl (C=O) groups is 1. The third kappa shape index (κ3) is 4.33. The van der Waals surface area contributed by atoms with E-state index < -0.39 is 0 Å². The normalized spacial score (nSPS) is 11.2. The molecule has 152 valence electrons. The van der Waals surface area contributed by atoms with Crippen molar-refractivity contribution in [2.45, 2.75) is 33.2 Å². The van der Waals surface area contributed by atoms with E-state index >= 15 is 0 Å². The molecule has 6 nitrogen and oxygen atoms in total. The molecule has 4 aromatic rings. The number of fused-ring (bicyclic) bond motifs is 1. The number of benzene rings is 1. The lowest BCUT2D eigenvalue weighted by atomic mass is 10.0. The first-order chi connectivity index (χ1) is 14.4. The zero-order valence-corrected chi connectivity index (χ0v) is 17.6. The second-order valence-corrected chi connectivity index (χ2v) is 7.87. The smallest absolute Gasteiger partial charge is 0.183 e. The lowest BCUT2D eigenvalue weighted by molar-refractivity contribution is 0.0977. The largest absolute Gasteiger partial charge is 0.384 e. The zero-order valence-electron chi connectivity index (χ0n) is 16.9. The molecule has 0 aliphatic rings. The predicted molar refractivity (Wildman–Crippen MR) is 119 cm³/mol. The Kier molecular flexibility index (Phi) is 5.50. The van der Waals surface area contributed by atoms with Gasteiger partial charge in [-0.1, -0.05) is 17.7 Å². The number of hydrogen-bond donors (Lipinski definition) is 1. The van der Waals surface area contributed by atoms with Gasteiger partial charge >= 0.3 is 0 Å². The molecule has 30 heavy (non-hydrogen) atoms. The van der Waals surface area contributed by atoms with Gasteiger partial charge in [0.15, 0.2) is 5.78 Å². The van der Waals surface area contributed by atoms with Crippen LogP contribution in [0.15, 0.2) is 48.8 Å². The second-order valence-electron chi connectivity index (χ2n) is 7.43. The van der Waals surface area contributed by atoms with Gasteiger partial charge in [0.25, 0.3) is 0 Å². The second kappa shape index (κ2) is 8.24. The van der Waals surface area contributed by atoms with Crippen molar-refractivity contribution in [1.82, 2.24) is 19.7 Å². The van der Waals surface area contributed by atoms with Gasteiger partial charge in [-0.3, -0.25) is 14.5 Å². The van der Waals surface area contributed by atoms with E-state index in [4.69, 9.17) is 17.3 Å². The molecule has 0 saturated carbocycles. The lowest BCUT2D eigenvalue weighted by Crippen LogP contribution is -2.08. The summed E-state index contributed by atoms with van der Waals surface area (Å²) >= 11 is 6.04. The number of ketones is 1. The molecule has 0 spiro atoms. The molecule has 3 aromatic heterocycles. The first-order valence-corrected chi connectivity index (χ1v) is 10.1. The van der Waals surface area contributed by atoms with Gasteiger partial charge in [-0.15, -0.1) is 0 Å². The summed E-state index contributed by atoms with van der Waals surface area (Å²) in [5, 5.41) is 6.05. The number of hydrogen-bond acceptors (Lipinski definition) is 5. The van der Waals surface area contributed by atoms with Gasteiger partial charge in [0, 0.05) is 29.9 Å². The number of carbonyl (C=O) groups excluding carboxylic acids is 1. The topological polar surface area (TPSA) is 86.7 Å². The van der Waals surface area contributed by atoms with Crippen LogP contribution < -0.4 is 5.73 Å². The third-order valence-corrected chi connectivity index (χ3v) is 5.37. The van der Waals surface area contributed by atoms with Gasteiger partial charge in [-0.25, -0.2) is 4.98 Å². The number of rotatable bonds is 6. The molecule has 0 saturated heterocycles. The molecular weight excluding hydrogens is 398 g/mol. The number of nitrogens with two attached hydrogens (primary N) is 1. The summed E-state index contributed by atoms with van der Waals surface area (Å²) in [5.41, 5.74) is 11.2. The van der Waals surface area contributed by atoms with Crippen molar-refractivity contribution < 1.29 is 4.79 Å². The van der Waals surface area contributed by atoms with Crippen LogP contribution in [0.2, 0.25) is 5.02 Å². The Hall–Kier alpha value is -3.25. The average Bonchev–Trinajstić information content (AvgIpc) is 3.15. The number of nitrogen functional groups attached to an aromatic ring is 1. The number of halogens is 1. The third-order valence-electron chi connectivity index (χ3n) is 5.16. The van der Waals surface area contributed by atoms with Crippen LogP contribution >= 0.6 is 11.6 Å². The van der Waals surface area contributed by atoms with Crippen LogP contribution in [0.25, 0.3) is 10.9 Å². The Morgan fingerprint density at radius 3 is 2.80 bits per heavy atom. The summed E-state index contributed by atoms with van der Waals surface area (Å²) in [7, 11) is 0. The fourth-order valence-electron chi connectivity index (χ4n) is 3.67. The van der Waals surface area contributed by atoms with Crippen molar-refractivity contribution in [2.75, 3.05) is 5.73 Å². The molecule has 0 unspecified atom stereocenters. The van der Waals surface area contributed by atoms with Gasteiger partial charge in [-0.2, -0.15) is 5.10 Å². The van der Waals surface area contributed by atoms with Crippen LogP contribution in [-0.4, -0.2) is 25.5 Å². The fraction of sp³-hybridized carbons (Fsp3) is 0.217. The molecule has 0 fully saturated rings. The Bertz CT molecular complexity index is 1220. The first kappa shape index (κ1) is 20.0. The van der Waals surface area contributed by atoms with Crippen LogP contribution in [0.1, 0.15) is 39.3 Å². The van der Waals surface area contributed by atoms with E-state index in [-0.39, 0.29) is 5.78 Å².